The molecule has 1 aliphatic rings. The molecule has 0 heterocycles. The first kappa shape index (κ1) is 13.3. The zero-order valence-corrected chi connectivity index (χ0v) is 11.5. The molecule has 0 bridgehead atoms. The van der Waals surface area contributed by atoms with Crippen LogP contribution in [-0.4, -0.2) is 12.3 Å². The van der Waals surface area contributed by atoms with Crippen molar-refractivity contribution in [3.05, 3.63) is 34.9 Å². The lowest BCUT2D eigenvalue weighted by molar-refractivity contribution is -0.120. The molecule has 98 valence electrons. The number of hydrogen-bond donors (Lipinski definition) is 1. The fourth-order valence-corrected chi connectivity index (χ4v) is 2.54. The highest BCUT2D eigenvalue weighted by Crippen LogP contribution is 2.20. The summed E-state index contributed by atoms with van der Waals surface area (Å²) in [4.78, 5) is 11.2. The summed E-state index contributed by atoms with van der Waals surface area (Å²) >= 11 is 0. The summed E-state index contributed by atoms with van der Waals surface area (Å²) in [5.41, 5.74) is 4.06. The predicted molar refractivity (Wildman–Crippen MR) is 74.6 cm³/mol. The van der Waals surface area contributed by atoms with Crippen molar-refractivity contribution in [2.75, 3.05) is 6.54 Å². The highest BCUT2D eigenvalue weighted by molar-refractivity contribution is 5.79. The number of hydrogen-bond acceptors (Lipinski definition) is 2. The smallest absolute Gasteiger partial charge is 0.132 e. The summed E-state index contributed by atoms with van der Waals surface area (Å²) < 4.78 is 0. The van der Waals surface area contributed by atoms with Gasteiger partial charge in [0.15, 0.2) is 0 Å². The second-order valence-electron chi connectivity index (χ2n) is 5.53. The molecule has 0 saturated heterocycles. The molecule has 0 radical (unpaired) electrons. The second-order valence-corrected chi connectivity index (χ2v) is 5.53. The van der Waals surface area contributed by atoms with Crippen LogP contribution in [0.15, 0.2) is 18.2 Å². The van der Waals surface area contributed by atoms with Crippen LogP contribution in [0.5, 0.6) is 0 Å². The van der Waals surface area contributed by atoms with Crippen molar-refractivity contribution in [1.82, 2.24) is 5.32 Å². The number of aryl methyl sites for hydroxylation is 2. The number of ketones is 1. The Kier molecular flexibility index (Phi) is 4.54. The van der Waals surface area contributed by atoms with Crippen molar-refractivity contribution in [3.8, 4) is 0 Å². The first-order valence-electron chi connectivity index (χ1n) is 6.93. The summed E-state index contributed by atoms with van der Waals surface area (Å²) in [7, 11) is 0. The van der Waals surface area contributed by atoms with E-state index in [1.165, 1.54) is 16.7 Å². The number of carbonyl (C=O) groups excluding carboxylic acids is 1. The third-order valence-corrected chi connectivity index (χ3v) is 4.00. The summed E-state index contributed by atoms with van der Waals surface area (Å²) in [6, 6.07) is 6.64. The lowest BCUT2D eigenvalue weighted by atomic mass is 9.88. The van der Waals surface area contributed by atoms with Gasteiger partial charge in [0.25, 0.3) is 0 Å². The zero-order chi connectivity index (χ0) is 13.0. The standard InChI is InChI=1S/C16H23NO/c1-12-3-4-15(9-13(12)2)11-17-10-14-5-7-16(18)8-6-14/h3-4,9,14,17H,5-8,10-11H2,1-2H3. The Morgan fingerprint density at radius 2 is 1.89 bits per heavy atom. The first-order valence-corrected chi connectivity index (χ1v) is 6.93. The molecule has 1 N–H and O–H groups in total. The van der Waals surface area contributed by atoms with Crippen molar-refractivity contribution >= 4 is 5.78 Å². The fraction of sp³-hybridized carbons (Fsp3) is 0.562. The van der Waals surface area contributed by atoms with Gasteiger partial charge in [-0.3, -0.25) is 4.79 Å². The van der Waals surface area contributed by atoms with Crippen molar-refractivity contribution in [1.29, 1.82) is 0 Å². The molecule has 0 aliphatic heterocycles. The van der Waals surface area contributed by atoms with Gasteiger partial charge in [-0.2, -0.15) is 0 Å². The Bertz CT molecular complexity index is 415. The van der Waals surface area contributed by atoms with Gasteiger partial charge in [0.1, 0.15) is 5.78 Å². The quantitative estimate of drug-likeness (QED) is 0.883. The van der Waals surface area contributed by atoms with Crippen LogP contribution in [0.1, 0.15) is 42.4 Å². The summed E-state index contributed by atoms with van der Waals surface area (Å²) in [5.74, 6) is 1.13. The summed E-state index contributed by atoms with van der Waals surface area (Å²) in [6.45, 7) is 6.28. The zero-order valence-electron chi connectivity index (χ0n) is 11.5. The maximum absolute atomic E-state index is 11.2. The van der Waals surface area contributed by atoms with E-state index in [1.54, 1.807) is 0 Å². The molecule has 0 spiro atoms. The van der Waals surface area contributed by atoms with E-state index in [2.05, 4.69) is 37.4 Å². The van der Waals surface area contributed by atoms with Crippen molar-refractivity contribution in [3.63, 3.8) is 0 Å². The number of nitrogens with one attached hydrogen (secondary N) is 1. The number of benzene rings is 1. The van der Waals surface area contributed by atoms with Crippen molar-refractivity contribution < 1.29 is 4.79 Å². The SMILES string of the molecule is Cc1ccc(CNCC2CCC(=O)CC2)cc1C. The largest absolute Gasteiger partial charge is 0.312 e. The molecular weight excluding hydrogens is 222 g/mol. The van der Waals surface area contributed by atoms with E-state index in [1.807, 2.05) is 0 Å². The monoisotopic (exact) mass is 245 g/mol. The van der Waals surface area contributed by atoms with Gasteiger partial charge in [-0.05, 0) is 55.8 Å². The Morgan fingerprint density at radius 3 is 2.56 bits per heavy atom. The van der Waals surface area contributed by atoms with E-state index < -0.39 is 0 Å². The Labute approximate surface area is 110 Å². The molecule has 1 aromatic carbocycles. The third kappa shape index (κ3) is 3.67. The molecule has 2 rings (SSSR count). The van der Waals surface area contributed by atoms with Crippen LogP contribution in [0.2, 0.25) is 0 Å². The maximum atomic E-state index is 11.2. The topological polar surface area (TPSA) is 29.1 Å². The molecular formula is C16H23NO. The molecule has 0 unspecified atom stereocenters. The molecule has 2 heteroatoms. The average molecular weight is 245 g/mol. The van der Waals surface area contributed by atoms with Crippen LogP contribution in [0.25, 0.3) is 0 Å². The van der Waals surface area contributed by atoms with Crippen LogP contribution in [0, 0.1) is 19.8 Å². The van der Waals surface area contributed by atoms with E-state index in [-0.39, 0.29) is 0 Å². The molecule has 1 fully saturated rings. The average Bonchev–Trinajstić information content (AvgIpc) is 2.36. The van der Waals surface area contributed by atoms with E-state index in [0.29, 0.717) is 11.7 Å². The lowest BCUT2D eigenvalue weighted by Gasteiger charge is -2.21. The highest BCUT2D eigenvalue weighted by atomic mass is 16.1. The second kappa shape index (κ2) is 6.14. The van der Waals surface area contributed by atoms with Crippen LogP contribution in [0.3, 0.4) is 0 Å². The minimum Gasteiger partial charge on any atom is -0.312 e. The number of rotatable bonds is 4. The molecule has 0 atom stereocenters. The van der Waals surface area contributed by atoms with Gasteiger partial charge < -0.3 is 5.32 Å². The fourth-order valence-electron chi connectivity index (χ4n) is 2.54. The van der Waals surface area contributed by atoms with Crippen LogP contribution in [-0.2, 0) is 11.3 Å². The minimum absolute atomic E-state index is 0.445. The number of carbonyl (C=O) groups is 1. The molecule has 0 aromatic heterocycles. The lowest BCUT2D eigenvalue weighted by Crippen LogP contribution is -2.26. The van der Waals surface area contributed by atoms with E-state index in [4.69, 9.17) is 0 Å². The van der Waals surface area contributed by atoms with Crippen LogP contribution in [0.4, 0.5) is 0 Å². The van der Waals surface area contributed by atoms with E-state index in [0.717, 1.165) is 38.8 Å². The van der Waals surface area contributed by atoms with Gasteiger partial charge >= 0.3 is 0 Å². The molecule has 2 nitrogen and oxygen atoms in total. The normalized spacial score (nSPS) is 17.1. The van der Waals surface area contributed by atoms with Gasteiger partial charge in [0.2, 0.25) is 0 Å². The maximum Gasteiger partial charge on any atom is 0.132 e. The Hall–Kier alpha value is -1.15. The Balaban J connectivity index is 1.74. The van der Waals surface area contributed by atoms with Gasteiger partial charge in [0.05, 0.1) is 0 Å². The van der Waals surface area contributed by atoms with Crippen molar-refractivity contribution in [2.24, 2.45) is 5.92 Å². The van der Waals surface area contributed by atoms with Crippen LogP contribution < -0.4 is 5.32 Å². The van der Waals surface area contributed by atoms with Gasteiger partial charge in [-0.1, -0.05) is 18.2 Å². The number of Topliss-reactive ketones (excluding diaryl/α,β-unsaturated/α-hetero) is 1. The van der Waals surface area contributed by atoms with Crippen LogP contribution >= 0.6 is 0 Å². The van der Waals surface area contributed by atoms with Gasteiger partial charge in [0, 0.05) is 19.4 Å². The third-order valence-electron chi connectivity index (χ3n) is 4.00. The van der Waals surface area contributed by atoms with Gasteiger partial charge in [-0.25, -0.2) is 0 Å². The molecule has 1 aliphatic carbocycles. The van der Waals surface area contributed by atoms with E-state index in [9.17, 15) is 4.79 Å². The van der Waals surface area contributed by atoms with Crippen molar-refractivity contribution in [2.45, 2.75) is 46.1 Å². The molecule has 18 heavy (non-hydrogen) atoms. The predicted octanol–water partition coefficient (Wildman–Crippen LogP) is 3.15. The minimum atomic E-state index is 0.445. The molecule has 1 aromatic rings. The summed E-state index contributed by atoms with van der Waals surface area (Å²) in [5, 5.41) is 3.52. The molecule has 0 amide bonds. The summed E-state index contributed by atoms with van der Waals surface area (Å²) in [6.07, 6.45) is 3.71. The Morgan fingerprint density at radius 1 is 1.17 bits per heavy atom. The van der Waals surface area contributed by atoms with E-state index >= 15 is 0 Å². The van der Waals surface area contributed by atoms with Gasteiger partial charge in [-0.15, -0.1) is 0 Å². The molecule has 1 saturated carbocycles. The first-order chi connectivity index (χ1) is 8.65. The highest BCUT2D eigenvalue weighted by Gasteiger charge is 2.17.